The van der Waals surface area contributed by atoms with E-state index in [-0.39, 0.29) is 23.7 Å². The van der Waals surface area contributed by atoms with Crippen molar-refractivity contribution in [3.05, 3.63) is 58.4 Å². The SMILES string of the molecule is Cc1cc(CCCC(=O)N2CCC[C@H]2c2ncc(C(=O)N3CCCC3)c(C)n2)ccc1F. The number of nitrogens with zero attached hydrogens (tertiary/aromatic N) is 4. The lowest BCUT2D eigenvalue weighted by Crippen LogP contribution is -2.32. The third-order valence-corrected chi connectivity index (χ3v) is 6.57. The lowest BCUT2D eigenvalue weighted by Gasteiger charge is -2.24. The maximum atomic E-state index is 13.4. The van der Waals surface area contributed by atoms with E-state index in [1.165, 1.54) is 6.07 Å². The Morgan fingerprint density at radius 2 is 1.91 bits per heavy atom. The summed E-state index contributed by atoms with van der Waals surface area (Å²) < 4.78 is 13.4. The Hall–Kier alpha value is -2.83. The van der Waals surface area contributed by atoms with Gasteiger partial charge in [0.2, 0.25) is 5.91 Å². The van der Waals surface area contributed by atoms with Gasteiger partial charge >= 0.3 is 0 Å². The van der Waals surface area contributed by atoms with Crippen LogP contribution in [0.4, 0.5) is 4.39 Å². The Kier molecular flexibility index (Phi) is 6.82. The fourth-order valence-electron chi connectivity index (χ4n) is 4.73. The third-order valence-electron chi connectivity index (χ3n) is 6.57. The minimum atomic E-state index is -0.201. The summed E-state index contributed by atoms with van der Waals surface area (Å²) >= 11 is 0. The molecule has 1 aromatic heterocycles. The number of amides is 2. The van der Waals surface area contributed by atoms with E-state index in [1.54, 1.807) is 19.2 Å². The molecule has 3 heterocycles. The van der Waals surface area contributed by atoms with E-state index in [0.717, 1.165) is 57.2 Å². The Bertz CT molecular complexity index is 1000. The highest BCUT2D eigenvalue weighted by Gasteiger charge is 2.32. The van der Waals surface area contributed by atoms with Crippen molar-refractivity contribution in [1.82, 2.24) is 19.8 Å². The number of carbonyl (C=O) groups excluding carboxylic acids is 2. The number of benzene rings is 1. The van der Waals surface area contributed by atoms with Crippen LogP contribution in [0.15, 0.2) is 24.4 Å². The summed E-state index contributed by atoms with van der Waals surface area (Å²) in [6.45, 7) is 5.89. The molecule has 2 amide bonds. The summed E-state index contributed by atoms with van der Waals surface area (Å²) in [5.41, 5.74) is 2.92. The van der Waals surface area contributed by atoms with E-state index in [0.29, 0.717) is 35.6 Å². The van der Waals surface area contributed by atoms with Crippen molar-refractivity contribution in [3.8, 4) is 0 Å². The van der Waals surface area contributed by atoms with Crippen LogP contribution in [0, 0.1) is 19.7 Å². The molecule has 0 aliphatic carbocycles. The molecule has 4 rings (SSSR count). The summed E-state index contributed by atoms with van der Waals surface area (Å²) in [5, 5.41) is 0. The normalized spacial score (nSPS) is 18.4. The Morgan fingerprint density at radius 1 is 1.12 bits per heavy atom. The maximum absolute atomic E-state index is 13.4. The van der Waals surface area contributed by atoms with Crippen LogP contribution in [0.2, 0.25) is 0 Å². The largest absolute Gasteiger partial charge is 0.339 e. The summed E-state index contributed by atoms with van der Waals surface area (Å²) in [4.78, 5) is 38.5. The average Bonchev–Trinajstić information content (AvgIpc) is 3.48. The zero-order chi connectivity index (χ0) is 22.7. The predicted octanol–water partition coefficient (Wildman–Crippen LogP) is 4.15. The van der Waals surface area contributed by atoms with Crippen LogP contribution in [0.25, 0.3) is 0 Å². The van der Waals surface area contributed by atoms with Gasteiger partial charge in [-0.3, -0.25) is 9.59 Å². The van der Waals surface area contributed by atoms with E-state index in [1.807, 2.05) is 22.8 Å². The Labute approximate surface area is 188 Å². The van der Waals surface area contributed by atoms with E-state index >= 15 is 0 Å². The second-order valence-electron chi connectivity index (χ2n) is 8.91. The van der Waals surface area contributed by atoms with Crippen LogP contribution in [-0.2, 0) is 11.2 Å². The number of aromatic nitrogens is 2. The minimum Gasteiger partial charge on any atom is -0.339 e. The first-order chi connectivity index (χ1) is 15.4. The van der Waals surface area contributed by atoms with Crippen molar-refractivity contribution < 1.29 is 14.0 Å². The van der Waals surface area contributed by atoms with E-state index < -0.39 is 0 Å². The second kappa shape index (κ2) is 9.76. The lowest BCUT2D eigenvalue weighted by molar-refractivity contribution is -0.132. The van der Waals surface area contributed by atoms with Crippen molar-refractivity contribution in [2.24, 2.45) is 0 Å². The molecule has 1 aromatic carbocycles. The zero-order valence-electron chi connectivity index (χ0n) is 18.9. The smallest absolute Gasteiger partial charge is 0.257 e. The van der Waals surface area contributed by atoms with Crippen LogP contribution in [0.5, 0.6) is 0 Å². The molecule has 2 saturated heterocycles. The third kappa shape index (κ3) is 4.81. The van der Waals surface area contributed by atoms with Crippen molar-refractivity contribution in [2.75, 3.05) is 19.6 Å². The van der Waals surface area contributed by atoms with Gasteiger partial charge in [-0.05, 0) is 69.6 Å². The molecule has 6 nitrogen and oxygen atoms in total. The molecule has 2 aliphatic rings. The van der Waals surface area contributed by atoms with Crippen molar-refractivity contribution in [2.45, 2.75) is 64.8 Å². The molecule has 0 saturated carbocycles. The molecule has 0 radical (unpaired) electrons. The molecule has 1 atom stereocenters. The van der Waals surface area contributed by atoms with E-state index in [4.69, 9.17) is 0 Å². The number of likely N-dealkylation sites (tertiary alicyclic amines) is 2. The predicted molar refractivity (Wildman–Crippen MR) is 120 cm³/mol. The molecule has 2 fully saturated rings. The molecule has 7 heteroatoms. The first-order valence-corrected chi connectivity index (χ1v) is 11.6. The molecule has 2 aromatic rings. The monoisotopic (exact) mass is 438 g/mol. The molecule has 0 N–H and O–H groups in total. The van der Waals surface area contributed by atoms with Crippen molar-refractivity contribution in [3.63, 3.8) is 0 Å². The van der Waals surface area contributed by atoms with Crippen molar-refractivity contribution >= 4 is 11.8 Å². The molecule has 170 valence electrons. The topological polar surface area (TPSA) is 66.4 Å². The molecule has 0 bridgehead atoms. The van der Waals surface area contributed by atoms with E-state index in [2.05, 4.69) is 9.97 Å². The molecule has 2 aliphatic heterocycles. The van der Waals surface area contributed by atoms with Crippen LogP contribution < -0.4 is 0 Å². The Morgan fingerprint density at radius 3 is 2.62 bits per heavy atom. The quantitative estimate of drug-likeness (QED) is 0.679. The highest BCUT2D eigenvalue weighted by atomic mass is 19.1. The average molecular weight is 439 g/mol. The number of hydrogen-bond acceptors (Lipinski definition) is 4. The van der Waals surface area contributed by atoms with Gasteiger partial charge in [0.1, 0.15) is 5.82 Å². The molecule has 0 spiro atoms. The van der Waals surface area contributed by atoms with Gasteiger partial charge in [0.15, 0.2) is 5.82 Å². The summed E-state index contributed by atoms with van der Waals surface area (Å²) in [6.07, 6.45) is 7.39. The fourth-order valence-corrected chi connectivity index (χ4v) is 4.73. The summed E-state index contributed by atoms with van der Waals surface area (Å²) in [5.74, 6) is 0.528. The highest BCUT2D eigenvalue weighted by molar-refractivity contribution is 5.95. The van der Waals surface area contributed by atoms with Crippen LogP contribution in [0.1, 0.15) is 77.6 Å². The fraction of sp³-hybridized carbons (Fsp3) is 0.520. The summed E-state index contributed by atoms with van der Waals surface area (Å²) in [7, 11) is 0. The van der Waals surface area contributed by atoms with Crippen LogP contribution >= 0.6 is 0 Å². The van der Waals surface area contributed by atoms with Gasteiger partial charge in [0.05, 0.1) is 17.3 Å². The molecular formula is C25H31FN4O2. The Balaban J connectivity index is 1.38. The minimum absolute atomic E-state index is 0.00179. The zero-order valence-corrected chi connectivity index (χ0v) is 18.9. The maximum Gasteiger partial charge on any atom is 0.257 e. The first-order valence-electron chi connectivity index (χ1n) is 11.6. The number of carbonyl (C=O) groups is 2. The second-order valence-corrected chi connectivity index (χ2v) is 8.91. The lowest BCUT2D eigenvalue weighted by atomic mass is 10.0. The van der Waals surface area contributed by atoms with Gasteiger partial charge in [-0.15, -0.1) is 0 Å². The highest BCUT2D eigenvalue weighted by Crippen LogP contribution is 2.31. The number of rotatable bonds is 6. The van der Waals surface area contributed by atoms with Crippen LogP contribution in [0.3, 0.4) is 0 Å². The number of aryl methyl sites for hydroxylation is 3. The van der Waals surface area contributed by atoms with Gasteiger partial charge in [-0.2, -0.15) is 0 Å². The molecular weight excluding hydrogens is 407 g/mol. The molecule has 0 unspecified atom stereocenters. The number of hydrogen-bond donors (Lipinski definition) is 0. The standard InChI is InChI=1S/C25H31FN4O2/c1-17-15-19(10-11-21(17)26)7-5-9-23(31)30-14-6-8-22(30)24-27-16-20(18(2)28-24)25(32)29-12-3-4-13-29/h10-11,15-16,22H,3-9,12-14H2,1-2H3/t22-/m0/s1. The van der Waals surface area contributed by atoms with Gasteiger partial charge in [-0.1, -0.05) is 12.1 Å². The van der Waals surface area contributed by atoms with Gasteiger partial charge in [0, 0.05) is 32.3 Å². The first kappa shape index (κ1) is 22.4. The summed E-state index contributed by atoms with van der Waals surface area (Å²) in [6, 6.07) is 4.98. The number of halogens is 1. The van der Waals surface area contributed by atoms with Gasteiger partial charge in [0.25, 0.3) is 5.91 Å². The van der Waals surface area contributed by atoms with Gasteiger partial charge < -0.3 is 9.80 Å². The van der Waals surface area contributed by atoms with E-state index in [9.17, 15) is 14.0 Å². The van der Waals surface area contributed by atoms with Gasteiger partial charge in [-0.25, -0.2) is 14.4 Å². The molecule has 32 heavy (non-hydrogen) atoms. The van der Waals surface area contributed by atoms with Crippen LogP contribution in [-0.4, -0.2) is 51.2 Å². The van der Waals surface area contributed by atoms with Crippen molar-refractivity contribution in [1.29, 1.82) is 0 Å².